The fourth-order valence-corrected chi connectivity index (χ4v) is 4.13. The van der Waals surface area contributed by atoms with Crippen LogP contribution in [0.15, 0.2) is 54.6 Å². The molecule has 3 rings (SSSR count). The van der Waals surface area contributed by atoms with Gasteiger partial charge in [-0.25, -0.2) is 4.79 Å². The number of amides is 3. The van der Waals surface area contributed by atoms with Crippen LogP contribution in [-0.4, -0.2) is 35.5 Å². The van der Waals surface area contributed by atoms with Gasteiger partial charge < -0.3 is 16.0 Å². The molecule has 0 bridgehead atoms. The summed E-state index contributed by atoms with van der Waals surface area (Å²) >= 11 is 0. The van der Waals surface area contributed by atoms with Crippen LogP contribution in [0.25, 0.3) is 0 Å². The smallest absolute Gasteiger partial charge is 0.315 e. The Labute approximate surface area is 185 Å². The zero-order valence-corrected chi connectivity index (χ0v) is 18.6. The van der Waals surface area contributed by atoms with Crippen molar-refractivity contribution >= 4 is 17.6 Å². The van der Waals surface area contributed by atoms with Gasteiger partial charge in [0.2, 0.25) is 5.91 Å². The molecule has 1 aliphatic carbocycles. The van der Waals surface area contributed by atoms with Crippen LogP contribution in [0.2, 0.25) is 0 Å². The number of nitrogens with one attached hydrogen (secondary N) is 3. The molecule has 1 saturated carbocycles. The Morgan fingerprint density at radius 1 is 0.935 bits per heavy atom. The Morgan fingerprint density at radius 2 is 1.61 bits per heavy atom. The molecule has 166 valence electrons. The van der Waals surface area contributed by atoms with E-state index in [-0.39, 0.29) is 11.9 Å². The lowest BCUT2D eigenvalue weighted by Crippen LogP contribution is -2.57. The number of nitrogens with zero attached hydrogens (tertiary/aromatic N) is 1. The highest BCUT2D eigenvalue weighted by molar-refractivity contribution is 6.00. The molecule has 0 spiro atoms. The van der Waals surface area contributed by atoms with Crippen molar-refractivity contribution in [3.8, 4) is 0 Å². The molecule has 0 aliphatic heterocycles. The first-order valence-corrected chi connectivity index (χ1v) is 11.3. The van der Waals surface area contributed by atoms with Gasteiger partial charge in [-0.15, -0.1) is 0 Å². The van der Waals surface area contributed by atoms with Gasteiger partial charge in [-0.05, 0) is 49.2 Å². The van der Waals surface area contributed by atoms with Crippen LogP contribution >= 0.6 is 0 Å². The molecule has 2 aromatic carbocycles. The Bertz CT molecular complexity index is 859. The van der Waals surface area contributed by atoms with Crippen molar-refractivity contribution in [1.82, 2.24) is 15.5 Å². The number of carbonyl (C=O) groups is 2. The molecule has 31 heavy (non-hydrogen) atoms. The number of carbonyl (C=O) groups excluding carboxylic acids is 2. The molecule has 0 heterocycles. The van der Waals surface area contributed by atoms with Gasteiger partial charge in [-0.1, -0.05) is 69.2 Å². The minimum atomic E-state index is -0.865. The first-order valence-electron chi connectivity index (χ1n) is 11.3. The first-order chi connectivity index (χ1) is 15.0. The number of urea groups is 1. The maximum Gasteiger partial charge on any atom is 0.315 e. The third-order valence-corrected chi connectivity index (χ3v) is 6.03. The van der Waals surface area contributed by atoms with Crippen LogP contribution in [0.5, 0.6) is 0 Å². The average molecular weight is 423 g/mol. The van der Waals surface area contributed by atoms with Gasteiger partial charge in [-0.2, -0.15) is 0 Å². The van der Waals surface area contributed by atoms with Gasteiger partial charge in [0.1, 0.15) is 5.54 Å². The van der Waals surface area contributed by atoms with Gasteiger partial charge in [0, 0.05) is 18.8 Å². The fourth-order valence-electron chi connectivity index (χ4n) is 4.13. The van der Waals surface area contributed by atoms with Gasteiger partial charge in [0.15, 0.2) is 0 Å². The van der Waals surface area contributed by atoms with Gasteiger partial charge in [0.25, 0.3) is 0 Å². The van der Waals surface area contributed by atoms with Crippen molar-refractivity contribution < 1.29 is 9.59 Å². The van der Waals surface area contributed by atoms with E-state index < -0.39 is 5.54 Å². The predicted octanol–water partition coefficient (Wildman–Crippen LogP) is 4.28. The van der Waals surface area contributed by atoms with Crippen molar-refractivity contribution in [1.29, 1.82) is 0 Å². The van der Waals surface area contributed by atoms with E-state index in [0.29, 0.717) is 19.4 Å². The van der Waals surface area contributed by atoms with Gasteiger partial charge >= 0.3 is 6.03 Å². The summed E-state index contributed by atoms with van der Waals surface area (Å²) in [5.41, 5.74) is 2.09. The first kappa shape index (κ1) is 22.8. The quantitative estimate of drug-likeness (QED) is 0.565. The molecular weight excluding hydrogens is 388 g/mol. The maximum atomic E-state index is 13.2. The van der Waals surface area contributed by atoms with E-state index in [4.69, 9.17) is 0 Å². The minimum Gasteiger partial charge on any atom is -0.334 e. The molecule has 3 N–H and O–H groups in total. The molecule has 6 nitrogen and oxygen atoms in total. The molecule has 0 radical (unpaired) electrons. The molecule has 1 fully saturated rings. The second-order valence-corrected chi connectivity index (χ2v) is 8.20. The number of benzene rings is 2. The van der Waals surface area contributed by atoms with Crippen LogP contribution in [0.4, 0.5) is 10.5 Å². The predicted molar refractivity (Wildman–Crippen MR) is 125 cm³/mol. The van der Waals surface area contributed by atoms with Gasteiger partial charge in [0.05, 0.1) is 0 Å². The van der Waals surface area contributed by atoms with E-state index in [9.17, 15) is 9.59 Å². The lowest BCUT2D eigenvalue weighted by atomic mass is 9.96. The number of anilines is 1. The molecular formula is C25H34N4O2. The second kappa shape index (κ2) is 11.0. The molecule has 0 saturated heterocycles. The van der Waals surface area contributed by atoms with Gasteiger partial charge in [-0.3, -0.25) is 9.69 Å². The summed E-state index contributed by atoms with van der Waals surface area (Å²) in [5.74, 6) is -0.139. The third-order valence-electron chi connectivity index (χ3n) is 6.03. The Kier molecular flexibility index (Phi) is 8.06. The highest BCUT2D eigenvalue weighted by Gasteiger charge is 2.42. The highest BCUT2D eigenvalue weighted by Crippen LogP contribution is 2.31. The largest absolute Gasteiger partial charge is 0.334 e. The molecule has 3 amide bonds. The Morgan fingerprint density at radius 3 is 2.29 bits per heavy atom. The molecule has 0 unspecified atom stereocenters. The fraction of sp³-hybridized carbons (Fsp3) is 0.440. The minimum absolute atomic E-state index is 0.139. The SMILES string of the molecule is CCN(CC)Cc1cccc(NC(=O)C2(NC(=O)NCc3ccccc3)CCCC2)c1. The van der Waals surface area contributed by atoms with Crippen LogP contribution in [0.3, 0.4) is 0 Å². The lowest BCUT2D eigenvalue weighted by molar-refractivity contribution is -0.121. The van der Waals surface area contributed by atoms with Crippen molar-refractivity contribution in [3.05, 3.63) is 65.7 Å². The highest BCUT2D eigenvalue weighted by atomic mass is 16.2. The van der Waals surface area contributed by atoms with Crippen molar-refractivity contribution in [2.75, 3.05) is 18.4 Å². The summed E-state index contributed by atoms with van der Waals surface area (Å²) < 4.78 is 0. The average Bonchev–Trinajstić information content (AvgIpc) is 3.27. The topological polar surface area (TPSA) is 73.5 Å². The number of hydrogen-bond acceptors (Lipinski definition) is 3. The Hall–Kier alpha value is -2.86. The zero-order chi connectivity index (χ0) is 22.1. The summed E-state index contributed by atoms with van der Waals surface area (Å²) in [5, 5.41) is 8.91. The van der Waals surface area contributed by atoms with Crippen LogP contribution in [0.1, 0.15) is 50.7 Å². The summed E-state index contributed by atoms with van der Waals surface area (Å²) in [6.45, 7) is 7.54. The van der Waals surface area contributed by atoms with E-state index >= 15 is 0 Å². The van der Waals surface area contributed by atoms with Crippen molar-refractivity contribution in [3.63, 3.8) is 0 Å². The normalized spacial score (nSPS) is 14.9. The number of rotatable bonds is 9. The number of hydrogen-bond donors (Lipinski definition) is 3. The van der Waals surface area contributed by atoms with Crippen LogP contribution < -0.4 is 16.0 Å². The standard InChI is InChI=1S/C25H34N4O2/c1-3-29(4-2)19-21-13-10-14-22(17-21)27-23(30)25(15-8-9-16-25)28-24(31)26-18-20-11-6-5-7-12-20/h5-7,10-14,17H,3-4,8-9,15-16,18-19H2,1-2H3,(H,27,30)(H2,26,28,31). The summed E-state index contributed by atoms with van der Waals surface area (Å²) in [4.78, 5) is 28.1. The van der Waals surface area contributed by atoms with E-state index in [0.717, 1.165) is 49.3 Å². The Balaban J connectivity index is 1.63. The van der Waals surface area contributed by atoms with E-state index in [1.165, 1.54) is 0 Å². The van der Waals surface area contributed by atoms with Crippen molar-refractivity contribution in [2.45, 2.75) is 58.2 Å². The van der Waals surface area contributed by atoms with E-state index in [1.807, 2.05) is 48.5 Å². The molecule has 1 aliphatic rings. The van der Waals surface area contributed by atoms with Crippen molar-refractivity contribution in [2.24, 2.45) is 0 Å². The lowest BCUT2D eigenvalue weighted by Gasteiger charge is -2.29. The summed E-state index contributed by atoms with van der Waals surface area (Å²) in [6, 6.07) is 17.4. The monoisotopic (exact) mass is 422 g/mol. The third kappa shape index (κ3) is 6.31. The zero-order valence-electron chi connectivity index (χ0n) is 18.6. The maximum absolute atomic E-state index is 13.2. The molecule has 0 aromatic heterocycles. The van der Waals surface area contributed by atoms with Crippen LogP contribution in [0, 0.1) is 0 Å². The van der Waals surface area contributed by atoms with Crippen LogP contribution in [-0.2, 0) is 17.9 Å². The van der Waals surface area contributed by atoms with E-state index in [2.05, 4.69) is 40.8 Å². The summed E-state index contributed by atoms with van der Waals surface area (Å²) in [7, 11) is 0. The van der Waals surface area contributed by atoms with E-state index in [1.54, 1.807) is 0 Å². The molecule has 2 aromatic rings. The second-order valence-electron chi connectivity index (χ2n) is 8.20. The molecule has 0 atom stereocenters. The molecule has 6 heteroatoms. The summed E-state index contributed by atoms with van der Waals surface area (Å²) in [6.07, 6.45) is 3.15.